The minimum Gasteiger partial charge on any atom is -0.467 e. The van der Waals surface area contributed by atoms with Crippen molar-refractivity contribution in [1.29, 1.82) is 0 Å². The SMILES string of the molecule is COC(=O)C(NC(=O)C1CCN(C2=NS(=O)(=O)c3ccccc32)CC1)C(C)C. The topological polar surface area (TPSA) is 105 Å². The van der Waals surface area contributed by atoms with E-state index in [0.717, 1.165) is 0 Å². The number of benzene rings is 1. The summed E-state index contributed by atoms with van der Waals surface area (Å²) < 4.78 is 33.2. The van der Waals surface area contributed by atoms with Crippen LogP contribution in [0.2, 0.25) is 0 Å². The summed E-state index contributed by atoms with van der Waals surface area (Å²) in [5.41, 5.74) is 0.607. The number of likely N-dealkylation sites (tertiary alicyclic amines) is 1. The quantitative estimate of drug-likeness (QED) is 0.751. The number of sulfonamides is 1. The molecule has 2 aliphatic rings. The Bertz CT molecular complexity index is 902. The van der Waals surface area contributed by atoms with E-state index in [0.29, 0.717) is 37.3 Å². The Morgan fingerprint density at radius 3 is 2.46 bits per heavy atom. The van der Waals surface area contributed by atoms with E-state index >= 15 is 0 Å². The molecule has 1 aromatic rings. The van der Waals surface area contributed by atoms with E-state index < -0.39 is 22.0 Å². The van der Waals surface area contributed by atoms with Crippen molar-refractivity contribution in [3.63, 3.8) is 0 Å². The fourth-order valence-corrected chi connectivity index (χ4v) is 4.79. The highest BCUT2D eigenvalue weighted by atomic mass is 32.2. The molecule has 0 aromatic heterocycles. The molecule has 9 heteroatoms. The van der Waals surface area contributed by atoms with Crippen molar-refractivity contribution >= 4 is 27.7 Å². The zero-order valence-electron chi connectivity index (χ0n) is 16.2. The van der Waals surface area contributed by atoms with Gasteiger partial charge in [-0.05, 0) is 30.9 Å². The van der Waals surface area contributed by atoms with Crippen LogP contribution < -0.4 is 5.32 Å². The number of carbonyl (C=O) groups excluding carboxylic acids is 2. The number of amides is 1. The fourth-order valence-electron chi connectivity index (χ4n) is 3.57. The normalized spacial score (nSPS) is 19.7. The third-order valence-electron chi connectivity index (χ3n) is 5.20. The highest BCUT2D eigenvalue weighted by Crippen LogP contribution is 2.29. The molecule has 0 saturated carbocycles. The van der Waals surface area contributed by atoms with E-state index in [-0.39, 0.29) is 22.6 Å². The Hall–Kier alpha value is -2.42. The number of methoxy groups -OCH3 is 1. The smallest absolute Gasteiger partial charge is 0.328 e. The number of amidine groups is 1. The van der Waals surface area contributed by atoms with E-state index in [1.165, 1.54) is 7.11 Å². The number of hydrogen-bond acceptors (Lipinski definition) is 6. The van der Waals surface area contributed by atoms with E-state index in [1.807, 2.05) is 18.7 Å². The molecule has 8 nitrogen and oxygen atoms in total. The summed E-state index contributed by atoms with van der Waals surface area (Å²) in [4.78, 5) is 26.6. The standard InChI is InChI=1S/C19H25N3O5S/c1-12(2)16(19(24)27-3)20-18(23)13-8-10-22(11-9-13)17-14-6-4-5-7-15(14)28(25,26)21-17/h4-7,12-13,16H,8-11H2,1-3H3,(H,20,23). The molecule has 2 aliphatic heterocycles. The predicted molar refractivity (Wildman–Crippen MR) is 103 cm³/mol. The molecular formula is C19H25N3O5S. The molecule has 0 spiro atoms. The molecule has 1 atom stereocenters. The summed E-state index contributed by atoms with van der Waals surface area (Å²) in [6, 6.07) is 6.10. The molecular weight excluding hydrogens is 382 g/mol. The summed E-state index contributed by atoms with van der Waals surface area (Å²) in [7, 11) is -2.35. The molecule has 0 radical (unpaired) electrons. The molecule has 152 valence electrons. The van der Waals surface area contributed by atoms with E-state index in [4.69, 9.17) is 4.74 Å². The van der Waals surface area contributed by atoms with Crippen LogP contribution in [0.4, 0.5) is 0 Å². The molecule has 3 rings (SSSR count). The van der Waals surface area contributed by atoms with Crippen molar-refractivity contribution in [3.8, 4) is 0 Å². The second-order valence-corrected chi connectivity index (χ2v) is 8.97. The van der Waals surface area contributed by atoms with Crippen molar-refractivity contribution in [2.24, 2.45) is 16.2 Å². The summed E-state index contributed by atoms with van der Waals surface area (Å²) in [6.45, 7) is 4.73. The number of nitrogens with zero attached hydrogens (tertiary/aromatic N) is 2. The lowest BCUT2D eigenvalue weighted by Crippen LogP contribution is -2.49. The molecule has 1 amide bonds. The van der Waals surface area contributed by atoms with Crippen LogP contribution in [-0.4, -0.2) is 57.3 Å². The Morgan fingerprint density at radius 2 is 1.86 bits per heavy atom. The third-order valence-corrected chi connectivity index (χ3v) is 6.52. The lowest BCUT2D eigenvalue weighted by Gasteiger charge is -2.33. The van der Waals surface area contributed by atoms with Gasteiger partial charge in [-0.3, -0.25) is 4.79 Å². The Labute approximate surface area is 165 Å². The number of hydrogen-bond donors (Lipinski definition) is 1. The predicted octanol–water partition coefficient (Wildman–Crippen LogP) is 1.16. The van der Waals surface area contributed by atoms with Crippen LogP contribution in [0.15, 0.2) is 33.6 Å². The van der Waals surface area contributed by atoms with Crippen molar-refractivity contribution in [2.45, 2.75) is 37.6 Å². The van der Waals surface area contributed by atoms with Gasteiger partial charge in [-0.1, -0.05) is 26.0 Å². The lowest BCUT2D eigenvalue weighted by atomic mass is 9.94. The average Bonchev–Trinajstić information content (AvgIpc) is 2.96. The number of fused-ring (bicyclic) bond motifs is 1. The van der Waals surface area contributed by atoms with Crippen molar-refractivity contribution in [1.82, 2.24) is 10.2 Å². The molecule has 28 heavy (non-hydrogen) atoms. The van der Waals surface area contributed by atoms with Gasteiger partial charge < -0.3 is 15.0 Å². The van der Waals surface area contributed by atoms with Crippen molar-refractivity contribution in [2.75, 3.05) is 20.2 Å². The zero-order valence-corrected chi connectivity index (χ0v) is 17.0. The van der Waals surface area contributed by atoms with Crippen LogP contribution >= 0.6 is 0 Å². The monoisotopic (exact) mass is 407 g/mol. The first-order valence-corrected chi connectivity index (χ1v) is 10.8. The lowest BCUT2D eigenvalue weighted by molar-refractivity contribution is -0.147. The molecule has 1 saturated heterocycles. The van der Waals surface area contributed by atoms with Crippen LogP contribution in [0.5, 0.6) is 0 Å². The number of piperidine rings is 1. The van der Waals surface area contributed by atoms with Gasteiger partial charge in [0.1, 0.15) is 10.9 Å². The van der Waals surface area contributed by atoms with Gasteiger partial charge in [0.15, 0.2) is 5.84 Å². The van der Waals surface area contributed by atoms with Gasteiger partial charge in [0.25, 0.3) is 10.0 Å². The van der Waals surface area contributed by atoms with Gasteiger partial charge in [-0.2, -0.15) is 8.42 Å². The zero-order chi connectivity index (χ0) is 20.5. The van der Waals surface area contributed by atoms with Crippen LogP contribution in [0.1, 0.15) is 32.3 Å². The maximum absolute atomic E-state index is 12.6. The van der Waals surface area contributed by atoms with E-state index in [9.17, 15) is 18.0 Å². The fraction of sp³-hybridized carbons (Fsp3) is 0.526. The van der Waals surface area contributed by atoms with Gasteiger partial charge >= 0.3 is 5.97 Å². The van der Waals surface area contributed by atoms with Crippen LogP contribution in [0.25, 0.3) is 0 Å². The summed E-state index contributed by atoms with van der Waals surface area (Å²) in [5.74, 6) is -0.501. The average molecular weight is 407 g/mol. The van der Waals surface area contributed by atoms with Crippen LogP contribution in [0.3, 0.4) is 0 Å². The van der Waals surface area contributed by atoms with Crippen LogP contribution in [-0.2, 0) is 24.3 Å². The minimum absolute atomic E-state index is 0.0777. The molecule has 0 aliphatic carbocycles. The third kappa shape index (κ3) is 3.89. The van der Waals surface area contributed by atoms with Gasteiger partial charge in [0.05, 0.1) is 7.11 Å². The van der Waals surface area contributed by atoms with Crippen LogP contribution in [0, 0.1) is 11.8 Å². The number of carbonyl (C=O) groups is 2. The first-order valence-electron chi connectivity index (χ1n) is 9.32. The maximum atomic E-state index is 12.6. The number of rotatable bonds is 4. The summed E-state index contributed by atoms with van der Waals surface area (Å²) in [5, 5.41) is 2.79. The van der Waals surface area contributed by atoms with Gasteiger partial charge in [-0.15, -0.1) is 4.40 Å². The van der Waals surface area contributed by atoms with E-state index in [2.05, 4.69) is 9.71 Å². The summed E-state index contributed by atoms with van der Waals surface area (Å²) >= 11 is 0. The molecule has 2 heterocycles. The largest absolute Gasteiger partial charge is 0.467 e. The van der Waals surface area contributed by atoms with Gasteiger partial charge in [-0.25, -0.2) is 4.79 Å². The molecule has 1 fully saturated rings. The van der Waals surface area contributed by atoms with E-state index in [1.54, 1.807) is 24.3 Å². The molecule has 0 bridgehead atoms. The van der Waals surface area contributed by atoms with Gasteiger partial charge in [0.2, 0.25) is 5.91 Å². The Kier molecular flexibility index (Phi) is 5.74. The van der Waals surface area contributed by atoms with Crippen molar-refractivity contribution < 1.29 is 22.7 Å². The molecule has 1 aromatic carbocycles. The highest BCUT2D eigenvalue weighted by Gasteiger charge is 2.35. The van der Waals surface area contributed by atoms with Crippen molar-refractivity contribution in [3.05, 3.63) is 29.8 Å². The number of ether oxygens (including phenoxy) is 1. The Morgan fingerprint density at radius 1 is 1.21 bits per heavy atom. The summed E-state index contributed by atoms with van der Waals surface area (Å²) in [6.07, 6.45) is 1.11. The minimum atomic E-state index is -3.66. The highest BCUT2D eigenvalue weighted by molar-refractivity contribution is 7.90. The molecule has 1 unspecified atom stereocenters. The Balaban J connectivity index is 1.65. The number of nitrogens with one attached hydrogen (secondary N) is 1. The molecule has 1 N–H and O–H groups in total. The van der Waals surface area contributed by atoms with Gasteiger partial charge in [0, 0.05) is 24.6 Å². The first-order chi connectivity index (χ1) is 13.2. The second-order valence-electron chi connectivity index (χ2n) is 7.40. The second kappa shape index (κ2) is 7.90. The maximum Gasteiger partial charge on any atom is 0.328 e. The number of esters is 1. The first kappa shape index (κ1) is 20.3.